The molecule has 2 atom stereocenters. The van der Waals surface area contributed by atoms with Gasteiger partial charge in [0.1, 0.15) is 16.2 Å². The van der Waals surface area contributed by atoms with E-state index in [0.717, 1.165) is 5.56 Å². The third-order valence-corrected chi connectivity index (χ3v) is 6.12. The molecule has 0 amide bonds. The second kappa shape index (κ2) is 10.2. The summed E-state index contributed by atoms with van der Waals surface area (Å²) in [7, 11) is -4.02. The van der Waals surface area contributed by atoms with Crippen LogP contribution in [0, 0.1) is 0 Å². The van der Waals surface area contributed by atoms with Crippen LogP contribution in [-0.2, 0) is 26.1 Å². The van der Waals surface area contributed by atoms with Crippen molar-refractivity contribution in [3.05, 3.63) is 96.1 Å². The maximum Gasteiger partial charge on any atom is 0.339 e. The lowest BCUT2D eigenvalue weighted by Crippen LogP contribution is -2.39. The van der Waals surface area contributed by atoms with E-state index >= 15 is 0 Å². The third-order valence-electron chi connectivity index (χ3n) is 4.86. The number of carbonyl (C=O) groups is 1. The minimum atomic E-state index is -4.02. The van der Waals surface area contributed by atoms with Gasteiger partial charge in [-0.25, -0.2) is 0 Å². The fourth-order valence-corrected chi connectivity index (χ4v) is 4.39. The Morgan fingerprint density at radius 3 is 2.12 bits per heavy atom. The maximum atomic E-state index is 13.1. The number of ether oxygens (including phenoxy) is 1. The van der Waals surface area contributed by atoms with E-state index < -0.39 is 33.6 Å². The van der Waals surface area contributed by atoms with E-state index in [-0.39, 0.29) is 10.6 Å². The van der Waals surface area contributed by atoms with E-state index in [1.165, 1.54) is 24.3 Å². The van der Waals surface area contributed by atoms with Crippen LogP contribution in [0.3, 0.4) is 0 Å². The topological polar surface area (TPSA) is 95.7 Å². The van der Waals surface area contributed by atoms with Crippen molar-refractivity contribution in [2.75, 3.05) is 0 Å². The first-order valence-electron chi connectivity index (χ1n) is 10.7. The van der Waals surface area contributed by atoms with Crippen molar-refractivity contribution in [3.63, 3.8) is 0 Å². The summed E-state index contributed by atoms with van der Waals surface area (Å²) in [4.78, 5) is 13.2. The van der Waals surface area contributed by atoms with Crippen molar-refractivity contribution < 1.29 is 22.1 Å². The zero-order valence-electron chi connectivity index (χ0n) is 19.0. The number of esters is 1. The Balaban J connectivity index is 1.92. The molecule has 0 spiro atoms. The molecule has 0 aromatic heterocycles. The predicted octanol–water partition coefficient (Wildman–Crippen LogP) is 4.45. The highest BCUT2D eigenvalue weighted by molar-refractivity contribution is 7.87. The fourth-order valence-electron chi connectivity index (χ4n) is 3.45. The van der Waals surface area contributed by atoms with Gasteiger partial charge in [-0.2, -0.15) is 8.42 Å². The van der Waals surface area contributed by atoms with Gasteiger partial charge in [0.25, 0.3) is 0 Å². The monoisotopic (exact) mass is 467 g/mol. The summed E-state index contributed by atoms with van der Waals surface area (Å²) in [6.07, 6.45) is 0.443. The van der Waals surface area contributed by atoms with Gasteiger partial charge in [0.2, 0.25) is 0 Å². The van der Waals surface area contributed by atoms with E-state index in [2.05, 4.69) is 0 Å². The molecule has 2 unspecified atom stereocenters. The van der Waals surface area contributed by atoms with Crippen LogP contribution >= 0.6 is 0 Å². The molecule has 6 nitrogen and oxygen atoms in total. The molecule has 0 bridgehead atoms. The van der Waals surface area contributed by atoms with Gasteiger partial charge < -0.3 is 14.7 Å². The van der Waals surface area contributed by atoms with Crippen LogP contribution in [0.2, 0.25) is 0 Å². The minimum Gasteiger partial charge on any atom is -0.459 e. The van der Waals surface area contributed by atoms with Crippen molar-refractivity contribution in [3.8, 4) is 5.75 Å². The molecule has 0 aliphatic heterocycles. The number of hydrogen-bond acceptors (Lipinski definition) is 6. The van der Waals surface area contributed by atoms with Crippen LogP contribution in [0.15, 0.2) is 89.8 Å². The Hall–Kier alpha value is -3.16. The molecule has 3 rings (SSSR count). The van der Waals surface area contributed by atoms with E-state index in [1.54, 1.807) is 51.1 Å². The summed E-state index contributed by atoms with van der Waals surface area (Å²) in [5, 5.41) is 0. The molecule has 0 radical (unpaired) electrons. The zero-order chi connectivity index (χ0) is 24.1. The molecule has 0 aliphatic carbocycles. The lowest BCUT2D eigenvalue weighted by Gasteiger charge is -2.28. The number of rotatable bonds is 8. The van der Waals surface area contributed by atoms with Gasteiger partial charge >= 0.3 is 16.1 Å². The molecule has 0 heterocycles. The lowest BCUT2D eigenvalue weighted by atomic mass is 9.88. The Labute approximate surface area is 195 Å². The molecule has 3 aromatic rings. The van der Waals surface area contributed by atoms with E-state index in [0.29, 0.717) is 12.0 Å². The summed E-state index contributed by atoms with van der Waals surface area (Å²) in [5.74, 6) is -1.20. The second-order valence-electron chi connectivity index (χ2n) is 8.79. The molecule has 33 heavy (non-hydrogen) atoms. The number of benzene rings is 3. The summed E-state index contributed by atoms with van der Waals surface area (Å²) in [5.41, 5.74) is 7.31. The molecular weight excluding hydrogens is 438 g/mol. The van der Waals surface area contributed by atoms with E-state index in [1.807, 2.05) is 30.3 Å². The molecule has 0 aliphatic rings. The molecule has 2 N–H and O–H groups in total. The van der Waals surface area contributed by atoms with E-state index in [9.17, 15) is 13.2 Å². The molecule has 3 aromatic carbocycles. The highest BCUT2D eigenvalue weighted by atomic mass is 32.2. The van der Waals surface area contributed by atoms with Crippen molar-refractivity contribution in [2.45, 2.75) is 49.6 Å². The van der Waals surface area contributed by atoms with Gasteiger partial charge in [-0.1, -0.05) is 60.7 Å². The first kappa shape index (κ1) is 24.5. The minimum absolute atomic E-state index is 0.0416. The van der Waals surface area contributed by atoms with Crippen LogP contribution in [0.1, 0.15) is 37.8 Å². The van der Waals surface area contributed by atoms with Gasteiger partial charge in [0.05, 0.1) is 5.92 Å². The number of carbonyl (C=O) groups excluding carboxylic acids is 1. The first-order valence-corrected chi connectivity index (χ1v) is 12.1. The van der Waals surface area contributed by atoms with Crippen LogP contribution < -0.4 is 9.92 Å². The predicted molar refractivity (Wildman–Crippen MR) is 127 cm³/mol. The lowest BCUT2D eigenvalue weighted by molar-refractivity contribution is -0.157. The largest absolute Gasteiger partial charge is 0.459 e. The molecule has 174 valence electrons. The van der Waals surface area contributed by atoms with Crippen molar-refractivity contribution in [2.24, 2.45) is 5.73 Å². The maximum absolute atomic E-state index is 13.1. The number of nitrogens with two attached hydrogens (primary N) is 1. The molecule has 0 fully saturated rings. The van der Waals surface area contributed by atoms with Crippen molar-refractivity contribution in [1.82, 2.24) is 0 Å². The van der Waals surface area contributed by atoms with Crippen LogP contribution in [0.5, 0.6) is 5.75 Å². The summed E-state index contributed by atoms with van der Waals surface area (Å²) in [6, 6.07) is 23.3. The number of hydrogen-bond donors (Lipinski definition) is 1. The van der Waals surface area contributed by atoms with Crippen LogP contribution in [0.4, 0.5) is 0 Å². The SMILES string of the molecule is CC(C)(C)OC(=O)C(c1cccc(OS(=O)(=O)c2ccccc2)c1)C(N)Cc1ccccc1. The molecule has 0 saturated heterocycles. The standard InChI is InChI=1S/C26H29NO5S/c1-26(2,3)31-25(28)24(23(27)17-19-11-6-4-7-12-19)20-13-10-14-21(18-20)32-33(29,30)22-15-8-5-9-16-22/h4-16,18,23-24H,17,27H2,1-3H3. The van der Waals surface area contributed by atoms with Gasteiger partial charge in [-0.15, -0.1) is 0 Å². The Kier molecular flexibility index (Phi) is 7.56. The smallest absolute Gasteiger partial charge is 0.339 e. The summed E-state index contributed by atoms with van der Waals surface area (Å²) < 4.78 is 36.3. The van der Waals surface area contributed by atoms with Gasteiger partial charge in [-0.3, -0.25) is 4.79 Å². The van der Waals surface area contributed by atoms with Gasteiger partial charge in [0, 0.05) is 6.04 Å². The van der Waals surface area contributed by atoms with E-state index in [4.69, 9.17) is 14.7 Å². The quantitative estimate of drug-likeness (QED) is 0.388. The zero-order valence-corrected chi connectivity index (χ0v) is 19.8. The van der Waals surface area contributed by atoms with Crippen molar-refractivity contribution in [1.29, 1.82) is 0 Å². The second-order valence-corrected chi connectivity index (χ2v) is 10.3. The third kappa shape index (κ3) is 6.91. The molecule has 0 saturated carbocycles. The normalized spacial score (nSPS) is 13.7. The fraction of sp³-hybridized carbons (Fsp3) is 0.269. The van der Waals surface area contributed by atoms with Gasteiger partial charge in [0.15, 0.2) is 0 Å². The van der Waals surface area contributed by atoms with Crippen LogP contribution in [0.25, 0.3) is 0 Å². The first-order chi connectivity index (χ1) is 15.5. The van der Waals surface area contributed by atoms with Crippen LogP contribution in [-0.4, -0.2) is 26.0 Å². The highest BCUT2D eigenvalue weighted by Crippen LogP contribution is 2.29. The summed E-state index contributed by atoms with van der Waals surface area (Å²) >= 11 is 0. The highest BCUT2D eigenvalue weighted by Gasteiger charge is 2.32. The average Bonchev–Trinajstić information content (AvgIpc) is 2.74. The molecular formula is C26H29NO5S. The Morgan fingerprint density at radius 1 is 0.909 bits per heavy atom. The Morgan fingerprint density at radius 2 is 1.52 bits per heavy atom. The van der Waals surface area contributed by atoms with Crippen molar-refractivity contribution >= 4 is 16.1 Å². The van der Waals surface area contributed by atoms with Gasteiger partial charge in [-0.05, 0) is 62.6 Å². The Bertz CT molecular complexity index is 1170. The molecule has 7 heteroatoms. The average molecular weight is 468 g/mol. The summed E-state index contributed by atoms with van der Waals surface area (Å²) in [6.45, 7) is 5.37.